The number of hydrogen-bond donors (Lipinski definition) is 1. The summed E-state index contributed by atoms with van der Waals surface area (Å²) in [5, 5.41) is 4.06. The zero-order valence-electron chi connectivity index (χ0n) is 9.40. The number of para-hydroxylation sites is 2. The molecule has 0 bridgehead atoms. The minimum Gasteiger partial charge on any atom is -0.397 e. The molecule has 1 aliphatic heterocycles. The third kappa shape index (κ3) is 1.92. The van der Waals surface area contributed by atoms with E-state index in [4.69, 9.17) is 5.73 Å². The number of alkyl halides is 3. The van der Waals surface area contributed by atoms with Crippen LogP contribution in [0.5, 0.6) is 0 Å². The number of halogens is 3. The molecule has 0 aliphatic carbocycles. The molecule has 0 fully saturated rings. The van der Waals surface area contributed by atoms with Crippen molar-refractivity contribution in [1.29, 1.82) is 0 Å². The van der Waals surface area contributed by atoms with Crippen molar-refractivity contribution in [3.63, 3.8) is 0 Å². The first-order valence-corrected chi connectivity index (χ1v) is 5.16. The molecule has 0 saturated heterocycles. The monoisotopic (exact) mass is 257 g/mol. The lowest BCUT2D eigenvalue weighted by atomic mass is 10.1. The largest absolute Gasteiger partial charge is 0.432 e. The first-order valence-electron chi connectivity index (χ1n) is 5.16. The average Bonchev–Trinajstić information content (AvgIpc) is 2.57. The second-order valence-corrected chi connectivity index (χ2v) is 3.91. The fourth-order valence-electron chi connectivity index (χ4n) is 1.70. The predicted molar refractivity (Wildman–Crippen MR) is 61.0 cm³/mol. The van der Waals surface area contributed by atoms with Crippen molar-refractivity contribution >= 4 is 23.0 Å². The van der Waals surface area contributed by atoms with Gasteiger partial charge in [-0.15, -0.1) is 0 Å². The number of nitrogens with two attached hydrogens (primary N) is 1. The maximum atomic E-state index is 12.6. The maximum absolute atomic E-state index is 12.6. The van der Waals surface area contributed by atoms with Crippen molar-refractivity contribution in [3.8, 4) is 0 Å². The van der Waals surface area contributed by atoms with E-state index in [0.29, 0.717) is 5.01 Å². The van der Waals surface area contributed by atoms with Gasteiger partial charge in [0.2, 0.25) is 0 Å². The van der Waals surface area contributed by atoms with Crippen LogP contribution in [0, 0.1) is 5.92 Å². The topological polar surface area (TPSA) is 58.7 Å². The predicted octanol–water partition coefficient (Wildman–Crippen LogP) is 2.17. The summed E-state index contributed by atoms with van der Waals surface area (Å²) in [5.74, 6) is -2.05. The van der Waals surface area contributed by atoms with E-state index in [-0.39, 0.29) is 11.4 Å². The Bertz CT molecular complexity index is 525. The van der Waals surface area contributed by atoms with Gasteiger partial charge in [-0.05, 0) is 19.1 Å². The van der Waals surface area contributed by atoms with Crippen LogP contribution in [0.3, 0.4) is 0 Å². The van der Waals surface area contributed by atoms with Crippen LogP contribution in [-0.4, -0.2) is 17.8 Å². The summed E-state index contributed by atoms with van der Waals surface area (Å²) in [5.41, 5.74) is 4.88. The number of carbonyl (C=O) groups is 1. The van der Waals surface area contributed by atoms with Gasteiger partial charge in [-0.25, -0.2) is 0 Å². The highest BCUT2D eigenvalue weighted by atomic mass is 19.4. The van der Waals surface area contributed by atoms with Gasteiger partial charge in [-0.3, -0.25) is 4.79 Å². The van der Waals surface area contributed by atoms with Crippen molar-refractivity contribution in [2.45, 2.75) is 13.1 Å². The summed E-state index contributed by atoms with van der Waals surface area (Å²) in [6, 6.07) is 6.14. The van der Waals surface area contributed by atoms with Crippen molar-refractivity contribution < 1.29 is 18.0 Å². The van der Waals surface area contributed by atoms with E-state index in [1.54, 1.807) is 12.1 Å². The molecule has 2 rings (SSSR count). The third-order valence-corrected chi connectivity index (χ3v) is 2.65. The fraction of sp³-hybridized carbons (Fsp3) is 0.273. The van der Waals surface area contributed by atoms with Crippen molar-refractivity contribution in [2.75, 3.05) is 10.7 Å². The van der Waals surface area contributed by atoms with Crippen LogP contribution in [0.25, 0.3) is 0 Å². The molecule has 0 aromatic heterocycles. The van der Waals surface area contributed by atoms with Crippen molar-refractivity contribution in [3.05, 3.63) is 24.3 Å². The molecule has 1 aromatic carbocycles. The van der Waals surface area contributed by atoms with Crippen molar-refractivity contribution in [2.24, 2.45) is 11.0 Å². The quantitative estimate of drug-likeness (QED) is 0.784. The highest BCUT2D eigenvalue weighted by Gasteiger charge is 2.48. The average molecular weight is 257 g/mol. The van der Waals surface area contributed by atoms with Gasteiger partial charge < -0.3 is 5.73 Å². The summed E-state index contributed by atoms with van der Waals surface area (Å²) >= 11 is 0. The molecular formula is C11H10F3N3O. The maximum Gasteiger partial charge on any atom is 0.432 e. The molecule has 0 spiro atoms. The van der Waals surface area contributed by atoms with Crippen LogP contribution in [-0.2, 0) is 4.79 Å². The highest BCUT2D eigenvalue weighted by Crippen LogP contribution is 2.33. The second kappa shape index (κ2) is 4.01. The van der Waals surface area contributed by atoms with Crippen LogP contribution in [0.4, 0.5) is 24.5 Å². The fourth-order valence-corrected chi connectivity index (χ4v) is 1.70. The van der Waals surface area contributed by atoms with E-state index in [9.17, 15) is 18.0 Å². The second-order valence-electron chi connectivity index (χ2n) is 3.91. The van der Waals surface area contributed by atoms with Gasteiger partial charge in [-0.1, -0.05) is 12.1 Å². The summed E-state index contributed by atoms with van der Waals surface area (Å²) in [6.45, 7) is 1.17. The standard InChI is InChI=1S/C11H10F3N3O/c1-6-9(11(12,13)14)16-17(10(6)18)8-5-3-2-4-7(8)15/h2-6H,15H2,1H3. The number of nitrogen functional groups attached to an aromatic ring is 1. The number of rotatable bonds is 1. The van der Waals surface area contributed by atoms with E-state index in [2.05, 4.69) is 5.10 Å². The molecule has 96 valence electrons. The minimum atomic E-state index is -4.62. The molecule has 7 heteroatoms. The molecule has 1 aromatic rings. The Kier molecular flexibility index (Phi) is 2.76. The number of hydrazone groups is 1. The molecular weight excluding hydrogens is 247 g/mol. The Morgan fingerprint density at radius 1 is 1.33 bits per heavy atom. The normalized spacial score (nSPS) is 20.2. The zero-order chi connectivity index (χ0) is 13.5. The molecule has 1 unspecified atom stereocenters. The smallest absolute Gasteiger partial charge is 0.397 e. The van der Waals surface area contributed by atoms with Crippen LogP contribution in [0.1, 0.15) is 6.92 Å². The van der Waals surface area contributed by atoms with Crippen LogP contribution < -0.4 is 10.7 Å². The van der Waals surface area contributed by atoms with Crippen LogP contribution in [0.15, 0.2) is 29.4 Å². The SMILES string of the molecule is CC1C(=O)N(c2ccccc2N)N=C1C(F)(F)F. The Morgan fingerprint density at radius 3 is 2.44 bits per heavy atom. The molecule has 0 saturated carbocycles. The molecule has 2 N–H and O–H groups in total. The summed E-state index contributed by atoms with van der Waals surface area (Å²) in [4.78, 5) is 11.8. The first-order chi connectivity index (χ1) is 8.32. The number of nitrogens with zero attached hydrogens (tertiary/aromatic N) is 2. The van der Waals surface area contributed by atoms with Gasteiger partial charge in [0.05, 0.1) is 17.3 Å². The Morgan fingerprint density at radius 2 is 1.94 bits per heavy atom. The van der Waals surface area contributed by atoms with Gasteiger partial charge in [0.25, 0.3) is 5.91 Å². The molecule has 1 atom stereocenters. The molecule has 1 aliphatic rings. The highest BCUT2D eigenvalue weighted by molar-refractivity contribution is 6.17. The van der Waals surface area contributed by atoms with E-state index < -0.39 is 23.7 Å². The van der Waals surface area contributed by atoms with Crippen molar-refractivity contribution in [1.82, 2.24) is 0 Å². The van der Waals surface area contributed by atoms with Gasteiger partial charge in [0, 0.05) is 0 Å². The third-order valence-electron chi connectivity index (χ3n) is 2.65. The zero-order valence-corrected chi connectivity index (χ0v) is 9.40. The molecule has 1 heterocycles. The van der Waals surface area contributed by atoms with E-state index in [1.807, 2.05) is 0 Å². The Balaban J connectivity index is 2.45. The van der Waals surface area contributed by atoms with E-state index in [0.717, 1.165) is 0 Å². The molecule has 18 heavy (non-hydrogen) atoms. The lowest BCUT2D eigenvalue weighted by Gasteiger charge is -2.14. The number of hydrogen-bond acceptors (Lipinski definition) is 3. The molecule has 0 radical (unpaired) electrons. The number of anilines is 2. The number of carbonyl (C=O) groups excluding carboxylic acids is 1. The first kappa shape index (κ1) is 12.4. The molecule has 4 nitrogen and oxygen atoms in total. The lowest BCUT2D eigenvalue weighted by molar-refractivity contribution is -0.120. The van der Waals surface area contributed by atoms with Gasteiger partial charge in [-0.2, -0.15) is 23.3 Å². The number of benzene rings is 1. The van der Waals surface area contributed by atoms with Gasteiger partial charge >= 0.3 is 6.18 Å². The lowest BCUT2D eigenvalue weighted by Crippen LogP contribution is -2.31. The van der Waals surface area contributed by atoms with E-state index >= 15 is 0 Å². The minimum absolute atomic E-state index is 0.161. The van der Waals surface area contributed by atoms with E-state index in [1.165, 1.54) is 19.1 Å². The Hall–Kier alpha value is -2.05. The number of amides is 1. The van der Waals surface area contributed by atoms with Crippen LogP contribution >= 0.6 is 0 Å². The van der Waals surface area contributed by atoms with Crippen LogP contribution in [0.2, 0.25) is 0 Å². The summed E-state index contributed by atoms with van der Waals surface area (Å²) < 4.78 is 37.9. The summed E-state index contributed by atoms with van der Waals surface area (Å²) in [7, 11) is 0. The summed E-state index contributed by atoms with van der Waals surface area (Å²) in [6.07, 6.45) is -4.62. The van der Waals surface area contributed by atoms with Gasteiger partial charge in [0.1, 0.15) is 0 Å². The van der Waals surface area contributed by atoms with Gasteiger partial charge in [0.15, 0.2) is 5.71 Å². The Labute approximate surface area is 101 Å². The molecule has 1 amide bonds.